The molecule has 0 fully saturated rings. The highest BCUT2D eigenvalue weighted by Gasteiger charge is 2.28. The molecule has 0 amide bonds. The fraction of sp³-hybridized carbons (Fsp3) is 0.500. The average molecular weight is 307 g/mol. The summed E-state index contributed by atoms with van der Waals surface area (Å²) in [5, 5.41) is 70.3. The van der Waals surface area contributed by atoms with E-state index in [1.165, 1.54) is 18.2 Å². The smallest absolute Gasteiger partial charge is 0.200 e. The normalized spacial score (nSPS) is 16.3. The number of nitrogens with two attached hydrogens (primary N) is 1. The van der Waals surface area contributed by atoms with E-state index in [9.17, 15) is 0 Å². The summed E-state index contributed by atoms with van der Waals surface area (Å²) in [7, 11) is 0. The van der Waals surface area contributed by atoms with E-state index in [2.05, 4.69) is 0 Å². The molecule has 0 spiro atoms. The molecule has 1 aromatic rings. The van der Waals surface area contributed by atoms with Crippen LogP contribution in [0.3, 0.4) is 0 Å². The molecule has 0 saturated carbocycles. The van der Waals surface area contributed by atoms with E-state index in [-0.39, 0.29) is 18.0 Å². The number of phenolic OH excluding ortho intramolecular Hbond substituents is 3. The summed E-state index contributed by atoms with van der Waals surface area (Å²) in [6.45, 7) is -0.911. The number of hydrogen-bond donors (Lipinski definition) is 9. The zero-order valence-electron chi connectivity index (χ0n) is 11.1. The Morgan fingerprint density at radius 3 is 1.62 bits per heavy atom. The Morgan fingerprint density at radius 2 is 1.29 bits per heavy atom. The van der Waals surface area contributed by atoms with E-state index in [4.69, 9.17) is 46.6 Å². The van der Waals surface area contributed by atoms with Crippen molar-refractivity contribution in [2.75, 3.05) is 13.2 Å². The van der Waals surface area contributed by atoms with Crippen molar-refractivity contribution in [1.82, 2.24) is 0 Å². The standard InChI is InChI=1S/C6H15NO5.C6H6O3/c7-1-3(9)5(11)6(12)4(10)2-8;7-4-2-1-3-5(8)6(4)9/h3-6,8-12H,1-2,7H2;1-3,7-9H/t3-,4+,5+,6+;/m0./s1. The van der Waals surface area contributed by atoms with Gasteiger partial charge in [0.15, 0.2) is 17.2 Å². The summed E-state index contributed by atoms with van der Waals surface area (Å²) >= 11 is 0. The predicted octanol–water partition coefficient (Wildman–Crippen LogP) is -2.82. The molecule has 0 saturated heterocycles. The molecule has 10 N–H and O–H groups in total. The molecule has 0 bridgehead atoms. The van der Waals surface area contributed by atoms with Crippen molar-refractivity contribution in [2.24, 2.45) is 5.73 Å². The maximum Gasteiger partial charge on any atom is 0.200 e. The zero-order valence-corrected chi connectivity index (χ0v) is 11.1. The molecule has 4 atom stereocenters. The van der Waals surface area contributed by atoms with E-state index in [0.717, 1.165) is 0 Å². The van der Waals surface area contributed by atoms with E-state index in [1.54, 1.807) is 0 Å². The predicted molar refractivity (Wildman–Crippen MR) is 71.6 cm³/mol. The van der Waals surface area contributed by atoms with Crippen molar-refractivity contribution in [3.05, 3.63) is 18.2 Å². The minimum atomic E-state index is -1.59. The summed E-state index contributed by atoms with van der Waals surface area (Å²) < 4.78 is 0. The second kappa shape index (κ2) is 9.34. The van der Waals surface area contributed by atoms with Gasteiger partial charge >= 0.3 is 0 Å². The van der Waals surface area contributed by atoms with Gasteiger partial charge in [0.25, 0.3) is 0 Å². The Hall–Kier alpha value is -1.62. The maximum atomic E-state index is 9.04. The summed E-state index contributed by atoms with van der Waals surface area (Å²) in [6.07, 6.45) is -5.91. The van der Waals surface area contributed by atoms with Gasteiger partial charge in [0, 0.05) is 6.54 Å². The first-order valence-corrected chi connectivity index (χ1v) is 5.99. The van der Waals surface area contributed by atoms with Crippen LogP contribution in [0.4, 0.5) is 0 Å². The van der Waals surface area contributed by atoms with Gasteiger partial charge in [0.1, 0.15) is 18.3 Å². The molecule has 9 heteroatoms. The number of aliphatic hydroxyl groups excluding tert-OH is 5. The Morgan fingerprint density at radius 1 is 0.857 bits per heavy atom. The molecule has 0 radical (unpaired) electrons. The fourth-order valence-corrected chi connectivity index (χ4v) is 1.22. The van der Waals surface area contributed by atoms with Crippen molar-refractivity contribution in [1.29, 1.82) is 0 Å². The Bertz CT molecular complexity index is 382. The highest BCUT2D eigenvalue weighted by Crippen LogP contribution is 2.32. The first-order chi connectivity index (χ1) is 9.76. The molecule has 0 aliphatic heterocycles. The van der Waals surface area contributed by atoms with Gasteiger partial charge in [-0.25, -0.2) is 0 Å². The molecule has 1 rings (SSSR count). The second-order valence-electron chi connectivity index (χ2n) is 4.18. The van der Waals surface area contributed by atoms with Crippen molar-refractivity contribution in [3.8, 4) is 17.2 Å². The van der Waals surface area contributed by atoms with Crippen molar-refractivity contribution < 1.29 is 40.9 Å². The Balaban J connectivity index is 0.000000394. The van der Waals surface area contributed by atoms with Crippen molar-refractivity contribution >= 4 is 0 Å². The lowest BCUT2D eigenvalue weighted by molar-refractivity contribution is -0.112. The van der Waals surface area contributed by atoms with Crippen molar-refractivity contribution in [2.45, 2.75) is 24.4 Å². The first kappa shape index (κ1) is 19.4. The number of rotatable bonds is 5. The van der Waals surface area contributed by atoms with Gasteiger partial charge in [-0.15, -0.1) is 0 Å². The monoisotopic (exact) mass is 307 g/mol. The molecule has 0 heterocycles. The first-order valence-electron chi connectivity index (χ1n) is 5.99. The summed E-state index contributed by atoms with van der Waals surface area (Å²) in [6, 6.07) is 4.01. The molecule has 122 valence electrons. The van der Waals surface area contributed by atoms with Gasteiger partial charge in [-0.3, -0.25) is 0 Å². The topological polar surface area (TPSA) is 188 Å². The van der Waals surface area contributed by atoms with Gasteiger partial charge in [-0.1, -0.05) is 6.07 Å². The average Bonchev–Trinajstić information content (AvgIpc) is 2.49. The van der Waals surface area contributed by atoms with Gasteiger partial charge in [-0.2, -0.15) is 0 Å². The fourth-order valence-electron chi connectivity index (χ4n) is 1.22. The molecule has 21 heavy (non-hydrogen) atoms. The Kier molecular flexibility index (Phi) is 8.62. The van der Waals surface area contributed by atoms with Crippen LogP contribution in [-0.2, 0) is 0 Å². The van der Waals surface area contributed by atoms with Crippen LogP contribution in [0.25, 0.3) is 0 Å². The minimum absolute atomic E-state index is 0.226. The van der Waals surface area contributed by atoms with Gasteiger partial charge in [-0.05, 0) is 12.1 Å². The number of benzene rings is 1. The van der Waals surface area contributed by atoms with E-state index in [1.807, 2.05) is 0 Å². The molecule has 1 aromatic carbocycles. The molecule has 0 aliphatic carbocycles. The van der Waals surface area contributed by atoms with Gasteiger partial charge < -0.3 is 46.6 Å². The van der Waals surface area contributed by atoms with Gasteiger partial charge in [0.05, 0.1) is 12.7 Å². The van der Waals surface area contributed by atoms with Crippen molar-refractivity contribution in [3.63, 3.8) is 0 Å². The van der Waals surface area contributed by atoms with Crippen LogP contribution in [0.5, 0.6) is 17.2 Å². The minimum Gasteiger partial charge on any atom is -0.504 e. The van der Waals surface area contributed by atoms with Gasteiger partial charge in [0.2, 0.25) is 0 Å². The number of phenols is 3. The third-order valence-corrected chi connectivity index (χ3v) is 2.56. The number of para-hydroxylation sites is 1. The quantitative estimate of drug-likeness (QED) is 0.258. The molecule has 0 unspecified atom stereocenters. The molecular formula is C12H21NO8. The van der Waals surface area contributed by atoms with E-state index >= 15 is 0 Å². The van der Waals surface area contributed by atoms with E-state index < -0.39 is 36.8 Å². The maximum absolute atomic E-state index is 9.04. The SMILES string of the molecule is NC[C@H](O)[C@@H](O)[C@H](O)[C@H](O)CO.Oc1cccc(O)c1O. The van der Waals surface area contributed by atoms with Crippen LogP contribution in [0, 0.1) is 0 Å². The van der Waals surface area contributed by atoms with Crippen LogP contribution in [-0.4, -0.2) is 78.4 Å². The largest absolute Gasteiger partial charge is 0.504 e. The molecule has 0 aromatic heterocycles. The third-order valence-electron chi connectivity index (χ3n) is 2.56. The van der Waals surface area contributed by atoms with E-state index in [0.29, 0.717) is 0 Å². The number of aromatic hydroxyl groups is 3. The summed E-state index contributed by atoms with van der Waals surface area (Å²) in [4.78, 5) is 0. The molecular weight excluding hydrogens is 286 g/mol. The lowest BCUT2D eigenvalue weighted by atomic mass is 10.0. The second-order valence-corrected chi connectivity index (χ2v) is 4.18. The lowest BCUT2D eigenvalue weighted by Crippen LogP contribution is -2.48. The zero-order chi connectivity index (χ0) is 16.6. The highest BCUT2D eigenvalue weighted by atomic mass is 16.4. The number of aliphatic hydroxyl groups is 5. The summed E-state index contributed by atoms with van der Waals surface area (Å²) in [5.74, 6) is -1.09. The van der Waals surface area contributed by atoms with Crippen LogP contribution >= 0.6 is 0 Å². The van der Waals surface area contributed by atoms with Crippen LogP contribution in [0.15, 0.2) is 18.2 Å². The van der Waals surface area contributed by atoms with Crippen LogP contribution in [0.2, 0.25) is 0 Å². The Labute approximate surface area is 120 Å². The third kappa shape index (κ3) is 6.12. The van der Waals surface area contributed by atoms with Crippen LogP contribution < -0.4 is 5.73 Å². The summed E-state index contributed by atoms with van der Waals surface area (Å²) in [5.41, 5.74) is 4.99. The highest BCUT2D eigenvalue weighted by molar-refractivity contribution is 5.47. The lowest BCUT2D eigenvalue weighted by Gasteiger charge is -2.24. The number of hydrogen-bond acceptors (Lipinski definition) is 9. The molecule has 9 nitrogen and oxygen atoms in total. The van der Waals surface area contributed by atoms with Crippen LogP contribution in [0.1, 0.15) is 0 Å². The molecule has 0 aliphatic rings.